The first kappa shape index (κ1) is 11.9. The lowest BCUT2D eigenvalue weighted by atomic mass is 10.2. The fourth-order valence-electron chi connectivity index (χ4n) is 1.20. The molecule has 4 N–H and O–H groups in total. The number of nitrogen functional groups attached to an aromatic ring is 2. The third-order valence-corrected chi connectivity index (χ3v) is 1.78. The maximum atomic E-state index is 5.63. The van der Waals surface area contributed by atoms with Crippen molar-refractivity contribution in [1.82, 2.24) is 4.68 Å². The Labute approximate surface area is 88.5 Å². The highest BCUT2D eigenvalue weighted by Gasteiger charge is 1.99. The monoisotopic (exact) mass is 219 g/mol. The van der Waals surface area contributed by atoms with Crippen LogP contribution in [-0.4, -0.2) is 4.68 Å². The number of para-hydroxylation sites is 1. The Morgan fingerprint density at radius 3 is 2.31 bits per heavy atom. The van der Waals surface area contributed by atoms with E-state index in [0.29, 0.717) is 5.82 Å². The quantitative estimate of drug-likeness (QED) is 0.665. The van der Waals surface area contributed by atoms with Crippen molar-refractivity contribution in [2.45, 2.75) is 0 Å². The van der Waals surface area contributed by atoms with Crippen molar-refractivity contribution in [2.24, 2.45) is 0 Å². The molecule has 2 rings (SSSR count). The molecule has 0 aliphatic heterocycles. The molecule has 0 atom stereocenters. The second-order valence-corrected chi connectivity index (χ2v) is 2.50. The standard InChI is InChI=1S/C8H9N3.2ClH/c9-8-5-6-3-1-2-4-7(6)11(8)10;;/h1-5H,9-10H2;2*1H. The summed E-state index contributed by atoms with van der Waals surface area (Å²) >= 11 is 0. The van der Waals surface area contributed by atoms with Crippen molar-refractivity contribution < 1.29 is 0 Å². The molecule has 1 aromatic heterocycles. The second kappa shape index (κ2) is 4.25. The van der Waals surface area contributed by atoms with Gasteiger partial charge in [0, 0.05) is 5.39 Å². The van der Waals surface area contributed by atoms with Gasteiger partial charge < -0.3 is 11.6 Å². The van der Waals surface area contributed by atoms with Crippen LogP contribution in [0.3, 0.4) is 0 Å². The average molecular weight is 220 g/mol. The number of anilines is 1. The van der Waals surface area contributed by atoms with Crippen molar-refractivity contribution in [1.29, 1.82) is 0 Å². The van der Waals surface area contributed by atoms with E-state index in [4.69, 9.17) is 11.6 Å². The summed E-state index contributed by atoms with van der Waals surface area (Å²) in [6.07, 6.45) is 0. The molecule has 72 valence electrons. The lowest BCUT2D eigenvalue weighted by molar-refractivity contribution is 1.08. The molecule has 2 aromatic rings. The maximum absolute atomic E-state index is 5.63. The fourth-order valence-corrected chi connectivity index (χ4v) is 1.20. The van der Waals surface area contributed by atoms with E-state index in [2.05, 4.69) is 0 Å². The lowest BCUT2D eigenvalue weighted by Crippen LogP contribution is -2.10. The van der Waals surface area contributed by atoms with Crippen molar-refractivity contribution >= 4 is 41.5 Å². The molecule has 0 saturated carbocycles. The molecule has 13 heavy (non-hydrogen) atoms. The fraction of sp³-hybridized carbons (Fsp3) is 0. The Balaban J connectivity index is 0.000000720. The van der Waals surface area contributed by atoms with Crippen LogP contribution in [0.25, 0.3) is 10.9 Å². The molecule has 0 amide bonds. The molecule has 0 bridgehead atoms. The van der Waals surface area contributed by atoms with Crippen LogP contribution >= 0.6 is 24.8 Å². The Bertz CT molecular complexity index is 397. The number of hydrogen-bond acceptors (Lipinski definition) is 2. The van der Waals surface area contributed by atoms with Gasteiger partial charge in [0.05, 0.1) is 5.52 Å². The normalized spacial score (nSPS) is 8.92. The number of nitrogens with zero attached hydrogens (tertiary/aromatic N) is 1. The van der Waals surface area contributed by atoms with E-state index in [-0.39, 0.29) is 24.8 Å². The van der Waals surface area contributed by atoms with Gasteiger partial charge in [-0.25, -0.2) is 4.68 Å². The van der Waals surface area contributed by atoms with Crippen LogP contribution in [0, 0.1) is 0 Å². The van der Waals surface area contributed by atoms with Gasteiger partial charge in [0.1, 0.15) is 5.82 Å². The van der Waals surface area contributed by atoms with Crippen LogP contribution in [0.5, 0.6) is 0 Å². The van der Waals surface area contributed by atoms with Crippen LogP contribution in [0.1, 0.15) is 0 Å². The summed E-state index contributed by atoms with van der Waals surface area (Å²) in [6.45, 7) is 0. The van der Waals surface area contributed by atoms with Crippen molar-refractivity contribution in [3.8, 4) is 0 Å². The van der Waals surface area contributed by atoms with E-state index < -0.39 is 0 Å². The molecule has 0 unspecified atom stereocenters. The summed E-state index contributed by atoms with van der Waals surface area (Å²) in [7, 11) is 0. The van der Waals surface area contributed by atoms with Gasteiger partial charge in [-0.05, 0) is 12.1 Å². The highest BCUT2D eigenvalue weighted by molar-refractivity contribution is 5.85. The number of benzene rings is 1. The van der Waals surface area contributed by atoms with E-state index in [1.54, 1.807) is 0 Å². The highest BCUT2D eigenvalue weighted by atomic mass is 35.5. The molecule has 1 aromatic carbocycles. The highest BCUT2D eigenvalue weighted by Crippen LogP contribution is 2.17. The molecule has 5 heteroatoms. The molecule has 0 aliphatic rings. The largest absolute Gasteiger partial charge is 0.384 e. The zero-order valence-electron chi connectivity index (χ0n) is 6.81. The van der Waals surface area contributed by atoms with Crippen LogP contribution < -0.4 is 11.6 Å². The summed E-state index contributed by atoms with van der Waals surface area (Å²) < 4.78 is 1.48. The van der Waals surface area contributed by atoms with E-state index in [9.17, 15) is 0 Å². The van der Waals surface area contributed by atoms with Gasteiger partial charge in [0.2, 0.25) is 0 Å². The first-order valence-electron chi connectivity index (χ1n) is 3.40. The minimum atomic E-state index is 0. The molecule has 0 aliphatic carbocycles. The number of aromatic nitrogens is 1. The van der Waals surface area contributed by atoms with E-state index in [1.165, 1.54) is 4.68 Å². The third kappa shape index (κ3) is 1.82. The Morgan fingerprint density at radius 1 is 1.08 bits per heavy atom. The molecule has 1 heterocycles. The minimum absolute atomic E-state index is 0. The molecule has 0 fully saturated rings. The number of rotatable bonds is 0. The smallest absolute Gasteiger partial charge is 0.123 e. The minimum Gasteiger partial charge on any atom is -0.384 e. The number of hydrogen-bond donors (Lipinski definition) is 2. The number of fused-ring (bicyclic) bond motifs is 1. The summed E-state index contributed by atoms with van der Waals surface area (Å²) in [4.78, 5) is 0. The predicted molar refractivity (Wildman–Crippen MR) is 61.0 cm³/mol. The lowest BCUT2D eigenvalue weighted by Gasteiger charge is -1.96. The van der Waals surface area contributed by atoms with E-state index in [1.807, 2.05) is 30.3 Å². The number of nitrogens with two attached hydrogens (primary N) is 2. The molecule has 0 radical (unpaired) electrons. The van der Waals surface area contributed by atoms with E-state index in [0.717, 1.165) is 10.9 Å². The first-order valence-corrected chi connectivity index (χ1v) is 3.40. The van der Waals surface area contributed by atoms with Gasteiger partial charge in [-0.3, -0.25) is 0 Å². The van der Waals surface area contributed by atoms with Gasteiger partial charge in [-0.15, -0.1) is 24.8 Å². The molecular weight excluding hydrogens is 209 g/mol. The van der Waals surface area contributed by atoms with Crippen molar-refractivity contribution in [3.05, 3.63) is 30.3 Å². The summed E-state index contributed by atoms with van der Waals surface area (Å²) in [6, 6.07) is 9.67. The first-order chi connectivity index (χ1) is 5.29. The topological polar surface area (TPSA) is 57.0 Å². The second-order valence-electron chi connectivity index (χ2n) is 2.50. The molecular formula is C8H11Cl2N3. The molecule has 0 saturated heterocycles. The van der Waals surface area contributed by atoms with Crippen LogP contribution in [0.2, 0.25) is 0 Å². The third-order valence-electron chi connectivity index (χ3n) is 1.78. The Kier molecular flexibility index (Phi) is 3.91. The average Bonchev–Trinajstić information content (AvgIpc) is 2.30. The van der Waals surface area contributed by atoms with Gasteiger partial charge >= 0.3 is 0 Å². The zero-order chi connectivity index (χ0) is 7.84. The Morgan fingerprint density at radius 2 is 1.69 bits per heavy atom. The summed E-state index contributed by atoms with van der Waals surface area (Å²) in [5, 5.41) is 1.08. The van der Waals surface area contributed by atoms with Gasteiger partial charge in [0.15, 0.2) is 0 Å². The van der Waals surface area contributed by atoms with Crippen LogP contribution in [0.15, 0.2) is 30.3 Å². The van der Waals surface area contributed by atoms with Crippen molar-refractivity contribution in [3.63, 3.8) is 0 Å². The predicted octanol–water partition coefficient (Wildman–Crippen LogP) is 1.78. The maximum Gasteiger partial charge on any atom is 0.123 e. The number of halogens is 2. The van der Waals surface area contributed by atoms with Crippen molar-refractivity contribution in [2.75, 3.05) is 11.6 Å². The van der Waals surface area contributed by atoms with Crippen LogP contribution in [-0.2, 0) is 0 Å². The zero-order valence-corrected chi connectivity index (χ0v) is 8.44. The van der Waals surface area contributed by atoms with Gasteiger partial charge in [-0.2, -0.15) is 0 Å². The molecule has 3 nitrogen and oxygen atoms in total. The van der Waals surface area contributed by atoms with Gasteiger partial charge in [0.25, 0.3) is 0 Å². The summed E-state index contributed by atoms with van der Waals surface area (Å²) in [5.41, 5.74) is 6.55. The Hall–Kier alpha value is -1.06. The van der Waals surface area contributed by atoms with Gasteiger partial charge in [-0.1, -0.05) is 18.2 Å². The van der Waals surface area contributed by atoms with Crippen LogP contribution in [0.4, 0.5) is 5.82 Å². The SMILES string of the molecule is Cl.Cl.Nc1cc2ccccc2n1N. The molecule has 0 spiro atoms. The van der Waals surface area contributed by atoms with E-state index >= 15 is 0 Å². The summed E-state index contributed by atoms with van der Waals surface area (Å²) in [5.74, 6) is 6.22.